The summed E-state index contributed by atoms with van der Waals surface area (Å²) >= 11 is 10.8. The molecule has 5 aromatic rings. The van der Waals surface area contributed by atoms with Crippen molar-refractivity contribution in [2.45, 2.75) is 44.8 Å². The number of aliphatic hydroxyl groups is 1. The Morgan fingerprint density at radius 3 is 2.65 bits per heavy atom. The molecule has 2 atom stereocenters. The van der Waals surface area contributed by atoms with Gasteiger partial charge in [-0.1, -0.05) is 59.1 Å². The quantitative estimate of drug-likeness (QED) is 0.197. The highest BCUT2D eigenvalue weighted by Crippen LogP contribution is 2.32. The number of benzene rings is 2. The van der Waals surface area contributed by atoms with Gasteiger partial charge >= 0.3 is 0 Å². The normalized spacial score (nSPS) is 19.4. The van der Waals surface area contributed by atoms with Crippen LogP contribution in [-0.4, -0.2) is 90.5 Å². The largest absolute Gasteiger partial charge is 0.388 e. The number of fused-ring (bicyclic) bond motifs is 2. The minimum Gasteiger partial charge on any atom is -0.388 e. The fourth-order valence-corrected chi connectivity index (χ4v) is 8.64. The van der Waals surface area contributed by atoms with Gasteiger partial charge < -0.3 is 20.2 Å². The summed E-state index contributed by atoms with van der Waals surface area (Å²) in [5, 5.41) is 16.0. The monoisotopic (exact) mass is 791 g/mol. The molecule has 0 radical (unpaired) electrons. The number of rotatable bonds is 9. The number of hydrogen-bond acceptors (Lipinski definition) is 9. The first kappa shape index (κ1) is 35.6. The standard InChI is InChI=1S/C37H39BrClN7O4S/c1-2-23-20-44(18-14-41-34(47)25-5-8-28-29(39)9-13-40-30(28)19-25)15-10-27(23)35(48)45-16-11-37(50,12-17-45)21-46-22-42-32-31(43-51-33(32)36(46)49)24-3-6-26(38)7-4-24/h3-9,13,19,22-23,27,50H,2,10-12,14-18,20-21H2,1H3,(H,41,47)/t23-,27-/m1/s1. The van der Waals surface area contributed by atoms with Crippen LogP contribution in [0.15, 0.2) is 70.3 Å². The molecule has 51 heavy (non-hydrogen) atoms. The molecule has 2 amide bonds. The highest BCUT2D eigenvalue weighted by Gasteiger charge is 2.40. The Balaban J connectivity index is 0.904. The number of aromatic nitrogens is 4. The lowest BCUT2D eigenvalue weighted by molar-refractivity contribution is -0.144. The summed E-state index contributed by atoms with van der Waals surface area (Å²) in [5.74, 6) is 0.116. The maximum atomic E-state index is 13.8. The number of nitrogens with zero attached hydrogens (tertiary/aromatic N) is 6. The SMILES string of the molecule is CC[C@@H]1CN(CCNC(=O)c2ccc3c(Cl)ccnc3c2)CC[C@H]1C(=O)N1CCC(O)(Cn2cnc3c(-c4ccc(Br)cc4)nsc3c2=O)CC1. The van der Waals surface area contributed by atoms with Crippen LogP contribution in [0.25, 0.3) is 32.4 Å². The lowest BCUT2D eigenvalue weighted by atomic mass is 9.81. The summed E-state index contributed by atoms with van der Waals surface area (Å²) in [5.41, 5.74) is 1.98. The van der Waals surface area contributed by atoms with Gasteiger partial charge in [0.25, 0.3) is 11.5 Å². The number of hydrogen-bond donors (Lipinski definition) is 2. The predicted molar refractivity (Wildman–Crippen MR) is 203 cm³/mol. The molecule has 2 fully saturated rings. The third kappa shape index (κ3) is 7.59. The van der Waals surface area contributed by atoms with Crippen LogP contribution in [0, 0.1) is 11.8 Å². The van der Waals surface area contributed by atoms with Gasteiger partial charge in [-0.3, -0.25) is 23.9 Å². The molecule has 3 aromatic heterocycles. The van der Waals surface area contributed by atoms with Gasteiger partial charge in [-0.05, 0) is 73.6 Å². The molecule has 0 unspecified atom stereocenters. The van der Waals surface area contributed by atoms with Crippen molar-refractivity contribution >= 4 is 72.0 Å². The zero-order valence-electron chi connectivity index (χ0n) is 28.2. The molecule has 2 aromatic carbocycles. The molecule has 0 saturated carbocycles. The summed E-state index contributed by atoms with van der Waals surface area (Å²) in [4.78, 5) is 53.2. The van der Waals surface area contributed by atoms with E-state index in [1.807, 2.05) is 35.2 Å². The van der Waals surface area contributed by atoms with E-state index in [9.17, 15) is 19.5 Å². The van der Waals surface area contributed by atoms with Crippen molar-refractivity contribution in [3.8, 4) is 11.3 Å². The first-order chi connectivity index (χ1) is 24.6. The first-order valence-corrected chi connectivity index (χ1v) is 19.2. The van der Waals surface area contributed by atoms with E-state index in [2.05, 4.69) is 47.4 Å². The van der Waals surface area contributed by atoms with Crippen LogP contribution in [0.3, 0.4) is 0 Å². The molecule has 0 bridgehead atoms. The average molecular weight is 793 g/mol. The van der Waals surface area contributed by atoms with Gasteiger partial charge in [-0.15, -0.1) is 0 Å². The summed E-state index contributed by atoms with van der Waals surface area (Å²) in [6.07, 6.45) is 5.52. The van der Waals surface area contributed by atoms with Crippen molar-refractivity contribution in [1.29, 1.82) is 0 Å². The second-order valence-corrected chi connectivity index (χ2v) is 15.7. The molecule has 266 valence electrons. The third-order valence-electron chi connectivity index (χ3n) is 10.4. The van der Waals surface area contributed by atoms with Crippen molar-refractivity contribution < 1.29 is 14.7 Å². The number of halogens is 2. The topological polar surface area (TPSA) is 134 Å². The molecule has 2 aliphatic heterocycles. The van der Waals surface area contributed by atoms with E-state index in [-0.39, 0.29) is 35.8 Å². The van der Waals surface area contributed by atoms with Crippen molar-refractivity contribution in [3.05, 3.63) is 86.5 Å². The molecule has 11 nitrogen and oxygen atoms in total. The van der Waals surface area contributed by atoms with E-state index in [4.69, 9.17) is 11.6 Å². The highest BCUT2D eigenvalue weighted by atomic mass is 79.9. The number of carbonyl (C=O) groups excluding carboxylic acids is 2. The summed E-state index contributed by atoms with van der Waals surface area (Å²) in [7, 11) is 0. The minimum absolute atomic E-state index is 0.0792. The van der Waals surface area contributed by atoms with E-state index in [0.29, 0.717) is 71.0 Å². The second kappa shape index (κ2) is 15.1. The molecular weight excluding hydrogens is 754 g/mol. The van der Waals surface area contributed by atoms with Crippen LogP contribution in [-0.2, 0) is 11.3 Å². The van der Waals surface area contributed by atoms with E-state index in [0.717, 1.165) is 52.9 Å². The van der Waals surface area contributed by atoms with Gasteiger partial charge in [0, 0.05) is 65.8 Å². The van der Waals surface area contributed by atoms with Crippen LogP contribution in [0.4, 0.5) is 0 Å². The molecule has 5 heterocycles. The number of nitrogens with one attached hydrogen (secondary N) is 1. The highest BCUT2D eigenvalue weighted by molar-refractivity contribution is 9.10. The van der Waals surface area contributed by atoms with Gasteiger partial charge in [0.15, 0.2) is 0 Å². The molecule has 2 N–H and O–H groups in total. The second-order valence-electron chi connectivity index (χ2n) is 13.6. The van der Waals surface area contributed by atoms with Crippen molar-refractivity contribution in [3.63, 3.8) is 0 Å². The van der Waals surface area contributed by atoms with Gasteiger partial charge in [0.2, 0.25) is 5.91 Å². The van der Waals surface area contributed by atoms with E-state index in [1.54, 1.807) is 24.4 Å². The number of piperidine rings is 2. The lowest BCUT2D eigenvalue weighted by Crippen LogP contribution is -2.53. The van der Waals surface area contributed by atoms with Crippen molar-refractivity contribution in [2.75, 3.05) is 39.3 Å². The Labute approximate surface area is 312 Å². The van der Waals surface area contributed by atoms with Crippen molar-refractivity contribution in [1.82, 2.24) is 34.0 Å². The maximum absolute atomic E-state index is 13.8. The van der Waals surface area contributed by atoms with Crippen molar-refractivity contribution in [2.24, 2.45) is 11.8 Å². The Morgan fingerprint density at radius 2 is 1.88 bits per heavy atom. The molecule has 0 aliphatic carbocycles. The van der Waals surface area contributed by atoms with Gasteiger partial charge in [-0.2, -0.15) is 4.37 Å². The van der Waals surface area contributed by atoms with E-state index in [1.165, 1.54) is 10.9 Å². The van der Waals surface area contributed by atoms with Crippen LogP contribution in [0.2, 0.25) is 5.02 Å². The Kier molecular flexibility index (Phi) is 10.5. The molecule has 0 spiro atoms. The fourth-order valence-electron chi connectivity index (χ4n) is 7.35. The third-order valence-corrected chi connectivity index (χ3v) is 12.0. The molecule has 2 aliphatic rings. The average Bonchev–Trinajstić information content (AvgIpc) is 3.58. The summed E-state index contributed by atoms with van der Waals surface area (Å²) in [6, 6.07) is 14.8. The molecular formula is C37H39BrClN7O4S. The first-order valence-electron chi connectivity index (χ1n) is 17.3. The van der Waals surface area contributed by atoms with E-state index >= 15 is 0 Å². The Morgan fingerprint density at radius 1 is 1.10 bits per heavy atom. The number of amides is 2. The van der Waals surface area contributed by atoms with Gasteiger partial charge in [0.05, 0.1) is 29.0 Å². The fraction of sp³-hybridized carbons (Fsp3) is 0.405. The van der Waals surface area contributed by atoms with Crippen LogP contribution in [0.1, 0.15) is 43.0 Å². The summed E-state index contributed by atoms with van der Waals surface area (Å²) in [6.45, 7) is 5.88. The van der Waals surface area contributed by atoms with Gasteiger partial charge in [-0.25, -0.2) is 4.98 Å². The lowest BCUT2D eigenvalue weighted by Gasteiger charge is -2.43. The number of pyridine rings is 1. The molecule has 14 heteroatoms. The summed E-state index contributed by atoms with van der Waals surface area (Å²) < 4.78 is 7.40. The predicted octanol–water partition coefficient (Wildman–Crippen LogP) is 5.62. The Hall–Kier alpha value is -3.75. The number of likely N-dealkylation sites (tertiary alicyclic amines) is 2. The maximum Gasteiger partial charge on any atom is 0.273 e. The smallest absolute Gasteiger partial charge is 0.273 e. The van der Waals surface area contributed by atoms with Gasteiger partial charge in [0.1, 0.15) is 15.9 Å². The van der Waals surface area contributed by atoms with Crippen LogP contribution >= 0.6 is 39.1 Å². The minimum atomic E-state index is -1.12. The molecule has 2 saturated heterocycles. The van der Waals surface area contributed by atoms with E-state index < -0.39 is 5.60 Å². The zero-order chi connectivity index (χ0) is 35.7. The Bertz CT molecular complexity index is 2130. The molecule has 7 rings (SSSR count). The van der Waals surface area contributed by atoms with Crippen LogP contribution in [0.5, 0.6) is 0 Å². The zero-order valence-corrected chi connectivity index (χ0v) is 31.4. The number of carbonyl (C=O) groups is 2. The van der Waals surface area contributed by atoms with Crippen LogP contribution < -0.4 is 10.9 Å².